The lowest BCUT2D eigenvalue weighted by Gasteiger charge is -2.11. The van der Waals surface area contributed by atoms with Crippen LogP contribution in [0.15, 0.2) is 18.2 Å². The monoisotopic (exact) mass is 264 g/mol. The van der Waals surface area contributed by atoms with Crippen LogP contribution in [0.2, 0.25) is 0 Å². The number of nitrogens with one attached hydrogen (secondary N) is 1. The molecule has 1 aromatic carbocycles. The average Bonchev–Trinajstić information content (AvgIpc) is 3.00. The number of thioether (sulfide) groups is 1. The van der Waals surface area contributed by atoms with E-state index >= 15 is 0 Å². The number of aryl methyl sites for hydroxylation is 1. The van der Waals surface area contributed by atoms with Crippen molar-refractivity contribution in [3.8, 4) is 0 Å². The number of nitrogens with zero attached hydrogens (tertiary/aromatic N) is 1. The molecule has 1 heterocycles. The van der Waals surface area contributed by atoms with E-state index in [1.807, 2.05) is 11.8 Å². The summed E-state index contributed by atoms with van der Waals surface area (Å²) in [4.78, 5) is 4.68. The van der Waals surface area contributed by atoms with Gasteiger partial charge < -0.3 is 5.32 Å². The summed E-state index contributed by atoms with van der Waals surface area (Å²) in [5, 5.41) is 4.57. The van der Waals surface area contributed by atoms with Crippen molar-refractivity contribution < 1.29 is 0 Å². The normalized spacial score (nSPS) is 17.3. The van der Waals surface area contributed by atoms with E-state index in [0.717, 1.165) is 17.2 Å². The average molecular weight is 264 g/mol. The van der Waals surface area contributed by atoms with Crippen LogP contribution in [0.4, 0.5) is 5.13 Å². The van der Waals surface area contributed by atoms with Crippen molar-refractivity contribution in [1.29, 1.82) is 0 Å². The number of anilines is 1. The van der Waals surface area contributed by atoms with Gasteiger partial charge in [0.2, 0.25) is 0 Å². The van der Waals surface area contributed by atoms with Gasteiger partial charge in [0.15, 0.2) is 5.13 Å². The van der Waals surface area contributed by atoms with Gasteiger partial charge in [-0.25, -0.2) is 4.98 Å². The lowest BCUT2D eigenvalue weighted by molar-refractivity contribution is 0.947. The maximum absolute atomic E-state index is 4.68. The van der Waals surface area contributed by atoms with Crippen LogP contribution in [-0.4, -0.2) is 22.5 Å². The number of fused-ring (bicyclic) bond motifs is 1. The fourth-order valence-corrected chi connectivity index (χ4v) is 3.66. The number of rotatable bonds is 4. The zero-order valence-electron chi connectivity index (χ0n) is 10.1. The topological polar surface area (TPSA) is 24.9 Å². The Bertz CT molecular complexity index is 543. The summed E-state index contributed by atoms with van der Waals surface area (Å²) < 4.78 is 1.77. The second-order valence-corrected chi connectivity index (χ2v) is 6.99. The van der Waals surface area contributed by atoms with Gasteiger partial charge in [0.05, 0.1) is 10.2 Å². The summed E-state index contributed by atoms with van der Waals surface area (Å²) in [6.45, 7) is 3.17. The smallest absolute Gasteiger partial charge is 0.183 e. The van der Waals surface area contributed by atoms with Crippen LogP contribution in [0, 0.1) is 6.92 Å². The molecule has 90 valence electrons. The first kappa shape index (κ1) is 11.4. The van der Waals surface area contributed by atoms with Crippen molar-refractivity contribution in [3.63, 3.8) is 0 Å². The molecule has 1 aromatic heterocycles. The lowest BCUT2D eigenvalue weighted by atomic mass is 10.2. The molecule has 1 saturated carbocycles. The second kappa shape index (κ2) is 4.18. The van der Waals surface area contributed by atoms with Crippen LogP contribution in [0.3, 0.4) is 0 Å². The third kappa shape index (κ3) is 2.16. The van der Waals surface area contributed by atoms with E-state index in [2.05, 4.69) is 41.7 Å². The Morgan fingerprint density at radius 3 is 2.94 bits per heavy atom. The molecular formula is C13H16N2S2. The highest BCUT2D eigenvalue weighted by molar-refractivity contribution is 8.00. The number of hydrogen-bond donors (Lipinski definition) is 1. The van der Waals surface area contributed by atoms with Gasteiger partial charge in [0, 0.05) is 11.3 Å². The largest absolute Gasteiger partial charge is 0.360 e. The number of benzene rings is 1. The van der Waals surface area contributed by atoms with Crippen LogP contribution in [0.5, 0.6) is 0 Å². The third-order valence-electron chi connectivity index (χ3n) is 3.42. The number of para-hydroxylation sites is 1. The van der Waals surface area contributed by atoms with Gasteiger partial charge in [-0.3, -0.25) is 0 Å². The quantitative estimate of drug-likeness (QED) is 0.906. The van der Waals surface area contributed by atoms with Gasteiger partial charge in [-0.15, -0.1) is 0 Å². The summed E-state index contributed by atoms with van der Waals surface area (Å²) >= 11 is 3.74. The molecule has 4 heteroatoms. The first-order valence-electron chi connectivity index (χ1n) is 5.88. The van der Waals surface area contributed by atoms with Crippen LogP contribution >= 0.6 is 23.1 Å². The number of thiazole rings is 1. The zero-order chi connectivity index (χ0) is 11.9. The SMILES string of the molecule is CSC1(CNc2nc3c(C)cccc3s2)CC1. The molecule has 1 N–H and O–H groups in total. The Balaban J connectivity index is 1.79. The first-order valence-corrected chi connectivity index (χ1v) is 7.92. The highest BCUT2D eigenvalue weighted by atomic mass is 32.2. The Morgan fingerprint density at radius 1 is 1.47 bits per heavy atom. The van der Waals surface area contributed by atoms with E-state index in [0.29, 0.717) is 4.75 Å². The van der Waals surface area contributed by atoms with Crippen molar-refractivity contribution in [3.05, 3.63) is 23.8 Å². The molecule has 0 aliphatic heterocycles. The molecular weight excluding hydrogens is 248 g/mol. The second-order valence-electron chi connectivity index (χ2n) is 4.68. The van der Waals surface area contributed by atoms with Gasteiger partial charge in [-0.05, 0) is 37.7 Å². The summed E-state index contributed by atoms with van der Waals surface area (Å²) in [5.74, 6) is 0. The van der Waals surface area contributed by atoms with Crippen molar-refractivity contribution in [2.75, 3.05) is 18.1 Å². The summed E-state index contributed by atoms with van der Waals surface area (Å²) in [5.41, 5.74) is 2.41. The number of hydrogen-bond acceptors (Lipinski definition) is 4. The van der Waals surface area contributed by atoms with Crippen molar-refractivity contribution >= 4 is 38.4 Å². The van der Waals surface area contributed by atoms with Gasteiger partial charge >= 0.3 is 0 Å². The molecule has 0 radical (unpaired) electrons. The van der Waals surface area contributed by atoms with Crippen LogP contribution in [0.25, 0.3) is 10.2 Å². The molecule has 1 aliphatic carbocycles. The van der Waals surface area contributed by atoms with E-state index < -0.39 is 0 Å². The molecule has 0 saturated heterocycles. The zero-order valence-corrected chi connectivity index (χ0v) is 11.8. The molecule has 1 aliphatic rings. The predicted molar refractivity (Wildman–Crippen MR) is 78.3 cm³/mol. The number of aromatic nitrogens is 1. The summed E-state index contributed by atoms with van der Waals surface area (Å²) in [6.07, 6.45) is 4.88. The van der Waals surface area contributed by atoms with Crippen molar-refractivity contribution in [1.82, 2.24) is 4.98 Å². The Morgan fingerprint density at radius 2 is 2.29 bits per heavy atom. The highest BCUT2D eigenvalue weighted by Gasteiger charge is 2.41. The Hall–Kier alpha value is -0.740. The third-order valence-corrected chi connectivity index (χ3v) is 5.82. The van der Waals surface area contributed by atoms with Crippen LogP contribution < -0.4 is 5.32 Å². The molecule has 3 rings (SSSR count). The molecule has 2 aromatic rings. The predicted octanol–water partition coefficient (Wildman–Crippen LogP) is 3.91. The van der Waals surface area contributed by atoms with Crippen LogP contribution in [0.1, 0.15) is 18.4 Å². The molecule has 2 nitrogen and oxygen atoms in total. The van der Waals surface area contributed by atoms with Crippen LogP contribution in [-0.2, 0) is 0 Å². The minimum absolute atomic E-state index is 0.493. The van der Waals surface area contributed by atoms with E-state index in [1.54, 1.807) is 11.3 Å². The minimum Gasteiger partial charge on any atom is -0.360 e. The highest BCUT2D eigenvalue weighted by Crippen LogP contribution is 2.47. The maximum Gasteiger partial charge on any atom is 0.183 e. The fourth-order valence-electron chi connectivity index (χ4n) is 1.99. The van der Waals surface area contributed by atoms with E-state index in [4.69, 9.17) is 0 Å². The van der Waals surface area contributed by atoms with Crippen molar-refractivity contribution in [2.24, 2.45) is 0 Å². The van der Waals surface area contributed by atoms with E-state index in [1.165, 1.54) is 23.1 Å². The van der Waals surface area contributed by atoms with Gasteiger partial charge in [0.1, 0.15) is 0 Å². The molecule has 0 amide bonds. The van der Waals surface area contributed by atoms with Gasteiger partial charge in [-0.1, -0.05) is 23.5 Å². The first-order chi connectivity index (χ1) is 8.22. The summed E-state index contributed by atoms with van der Waals surface area (Å²) in [6, 6.07) is 6.37. The standard InChI is InChI=1S/C13H16N2S2/c1-9-4-3-5-10-11(9)15-12(17-10)14-8-13(16-2)6-7-13/h3-5H,6-8H2,1-2H3,(H,14,15). The van der Waals surface area contributed by atoms with Crippen molar-refractivity contribution in [2.45, 2.75) is 24.5 Å². The molecule has 0 unspecified atom stereocenters. The summed E-state index contributed by atoms with van der Waals surface area (Å²) in [7, 11) is 0. The molecule has 17 heavy (non-hydrogen) atoms. The van der Waals surface area contributed by atoms with E-state index in [9.17, 15) is 0 Å². The molecule has 0 atom stereocenters. The van der Waals surface area contributed by atoms with E-state index in [-0.39, 0.29) is 0 Å². The van der Waals surface area contributed by atoms with Gasteiger partial charge in [0.25, 0.3) is 0 Å². The molecule has 0 spiro atoms. The lowest BCUT2D eigenvalue weighted by Crippen LogP contribution is -2.17. The maximum atomic E-state index is 4.68. The Labute approximate surface area is 110 Å². The fraction of sp³-hybridized carbons (Fsp3) is 0.462. The molecule has 1 fully saturated rings. The van der Waals surface area contributed by atoms with Gasteiger partial charge in [-0.2, -0.15) is 11.8 Å². The Kier molecular flexibility index (Phi) is 2.79. The molecule has 0 bridgehead atoms. The minimum atomic E-state index is 0.493.